The molecule has 2 rings (SSSR count). The van der Waals surface area contributed by atoms with Gasteiger partial charge in [0.25, 0.3) is 0 Å². The third-order valence-corrected chi connectivity index (χ3v) is 6.97. The Morgan fingerprint density at radius 1 is 1.20 bits per heavy atom. The van der Waals surface area contributed by atoms with Crippen molar-refractivity contribution >= 4 is 9.84 Å². The molecule has 0 aromatic heterocycles. The second-order valence-corrected chi connectivity index (χ2v) is 9.13. The van der Waals surface area contributed by atoms with Crippen LogP contribution in [-0.2, 0) is 9.84 Å². The second kappa shape index (κ2) is 6.32. The summed E-state index contributed by atoms with van der Waals surface area (Å²) in [7, 11) is -2.98. The van der Waals surface area contributed by atoms with Crippen molar-refractivity contribution in [1.29, 1.82) is 0 Å². The van der Waals surface area contributed by atoms with Crippen LogP contribution in [0.4, 0.5) is 0 Å². The van der Waals surface area contributed by atoms with Gasteiger partial charge in [0.05, 0.1) is 10.9 Å². The summed E-state index contributed by atoms with van der Waals surface area (Å²) in [5.41, 5.74) is -0.629. The molecular weight excluding hydrogens is 274 g/mol. The van der Waals surface area contributed by atoms with Gasteiger partial charge in [0.1, 0.15) is 0 Å². The lowest BCUT2D eigenvalue weighted by Crippen LogP contribution is -2.49. The molecule has 0 heterocycles. The van der Waals surface area contributed by atoms with Gasteiger partial charge < -0.3 is 10.4 Å². The topological polar surface area (TPSA) is 66.4 Å². The molecule has 2 unspecified atom stereocenters. The van der Waals surface area contributed by atoms with Crippen LogP contribution in [0.25, 0.3) is 0 Å². The van der Waals surface area contributed by atoms with E-state index in [1.165, 1.54) is 12.7 Å². The summed E-state index contributed by atoms with van der Waals surface area (Å²) >= 11 is 0. The Kier molecular flexibility index (Phi) is 5.14. The lowest BCUT2D eigenvalue weighted by molar-refractivity contribution is -0.0104. The highest BCUT2D eigenvalue weighted by Crippen LogP contribution is 2.34. The maximum Gasteiger partial charge on any atom is 0.151 e. The van der Waals surface area contributed by atoms with Gasteiger partial charge in [-0.05, 0) is 44.4 Å². The Balaban J connectivity index is 1.86. The van der Waals surface area contributed by atoms with Crippen molar-refractivity contribution in [1.82, 2.24) is 5.32 Å². The Morgan fingerprint density at radius 2 is 1.85 bits per heavy atom. The maximum absolute atomic E-state index is 11.8. The normalized spacial score (nSPS) is 39.0. The highest BCUT2D eigenvalue weighted by molar-refractivity contribution is 7.91. The molecule has 2 N–H and O–H groups in total. The molecule has 5 heteroatoms. The summed E-state index contributed by atoms with van der Waals surface area (Å²) in [4.78, 5) is 0. The van der Waals surface area contributed by atoms with Gasteiger partial charge >= 0.3 is 0 Å². The van der Waals surface area contributed by atoms with Crippen LogP contribution in [0.1, 0.15) is 58.3 Å². The average Bonchev–Trinajstić information content (AvgIpc) is 2.86. The fraction of sp³-hybridized carbons (Fsp3) is 1.00. The molecule has 4 nitrogen and oxygen atoms in total. The van der Waals surface area contributed by atoms with Crippen molar-refractivity contribution in [2.75, 3.05) is 12.8 Å². The number of sulfone groups is 1. The van der Waals surface area contributed by atoms with Gasteiger partial charge in [-0.1, -0.05) is 19.8 Å². The standard InChI is InChI=1S/C15H29NO3S/c1-3-12-7-9-15(17,10-8-12)11-16-13-5-4-6-14(13)20(2,18)19/h12-14,16-17H,3-11H2,1-2H3. The Hall–Kier alpha value is -0.130. The first-order chi connectivity index (χ1) is 9.34. The van der Waals surface area contributed by atoms with Gasteiger partial charge in [-0.15, -0.1) is 0 Å². The van der Waals surface area contributed by atoms with Crippen LogP contribution in [0.2, 0.25) is 0 Å². The van der Waals surface area contributed by atoms with Crippen molar-refractivity contribution in [3.63, 3.8) is 0 Å². The van der Waals surface area contributed by atoms with Crippen LogP contribution >= 0.6 is 0 Å². The molecule has 2 saturated carbocycles. The lowest BCUT2D eigenvalue weighted by Gasteiger charge is -2.37. The molecule has 0 bridgehead atoms. The third kappa shape index (κ3) is 3.95. The van der Waals surface area contributed by atoms with E-state index in [-0.39, 0.29) is 11.3 Å². The van der Waals surface area contributed by atoms with Crippen molar-refractivity contribution in [2.45, 2.75) is 75.2 Å². The van der Waals surface area contributed by atoms with Crippen molar-refractivity contribution in [2.24, 2.45) is 5.92 Å². The van der Waals surface area contributed by atoms with Gasteiger partial charge in [-0.25, -0.2) is 8.42 Å². The molecule has 0 aliphatic heterocycles. The first-order valence-electron chi connectivity index (χ1n) is 7.99. The van der Waals surface area contributed by atoms with Crippen molar-refractivity contribution < 1.29 is 13.5 Å². The lowest BCUT2D eigenvalue weighted by atomic mass is 9.78. The van der Waals surface area contributed by atoms with Gasteiger partial charge in [-0.3, -0.25) is 0 Å². The molecule has 0 spiro atoms. The third-order valence-electron chi connectivity index (χ3n) is 5.31. The van der Waals surface area contributed by atoms with Gasteiger partial charge in [0.2, 0.25) is 0 Å². The van der Waals surface area contributed by atoms with E-state index in [9.17, 15) is 13.5 Å². The molecule has 0 aromatic carbocycles. The van der Waals surface area contributed by atoms with Gasteiger partial charge in [0, 0.05) is 18.8 Å². The van der Waals surface area contributed by atoms with Crippen LogP contribution in [0.3, 0.4) is 0 Å². The van der Waals surface area contributed by atoms with E-state index >= 15 is 0 Å². The van der Waals surface area contributed by atoms with Crippen LogP contribution in [-0.4, -0.2) is 43.2 Å². The zero-order chi connectivity index (χ0) is 14.8. The van der Waals surface area contributed by atoms with Gasteiger partial charge in [0.15, 0.2) is 9.84 Å². The highest BCUT2D eigenvalue weighted by atomic mass is 32.2. The predicted molar refractivity (Wildman–Crippen MR) is 81.5 cm³/mol. The molecular formula is C15H29NO3S. The van der Waals surface area contributed by atoms with Crippen molar-refractivity contribution in [3.05, 3.63) is 0 Å². The Labute approximate surface area is 123 Å². The van der Waals surface area contributed by atoms with Gasteiger partial charge in [-0.2, -0.15) is 0 Å². The summed E-state index contributed by atoms with van der Waals surface area (Å²) < 4.78 is 23.5. The predicted octanol–water partition coefficient (Wildman–Crippen LogP) is 1.87. The Bertz CT molecular complexity index is 413. The molecule has 2 fully saturated rings. The number of hydrogen-bond donors (Lipinski definition) is 2. The van der Waals surface area contributed by atoms with E-state index in [0.717, 1.165) is 50.9 Å². The first kappa shape index (κ1) is 16.2. The monoisotopic (exact) mass is 303 g/mol. The van der Waals surface area contributed by atoms with E-state index in [1.807, 2.05) is 0 Å². The van der Waals surface area contributed by atoms with Crippen LogP contribution < -0.4 is 5.32 Å². The maximum atomic E-state index is 11.8. The van der Waals surface area contributed by atoms with Crippen LogP contribution in [0, 0.1) is 5.92 Å². The average molecular weight is 303 g/mol. The quantitative estimate of drug-likeness (QED) is 0.814. The molecule has 2 aliphatic carbocycles. The van der Waals surface area contributed by atoms with E-state index < -0.39 is 15.4 Å². The minimum absolute atomic E-state index is 0.0259. The van der Waals surface area contributed by atoms with Crippen LogP contribution in [0.15, 0.2) is 0 Å². The molecule has 2 atom stereocenters. The minimum Gasteiger partial charge on any atom is -0.389 e. The van der Waals surface area contributed by atoms with E-state index in [2.05, 4.69) is 12.2 Å². The van der Waals surface area contributed by atoms with E-state index in [1.54, 1.807) is 0 Å². The zero-order valence-electron chi connectivity index (χ0n) is 12.8. The summed E-state index contributed by atoms with van der Waals surface area (Å²) in [6, 6.07) is 0.0259. The molecule has 118 valence electrons. The highest BCUT2D eigenvalue weighted by Gasteiger charge is 2.37. The minimum atomic E-state index is -2.98. The smallest absolute Gasteiger partial charge is 0.151 e. The SMILES string of the molecule is CCC1CCC(O)(CNC2CCCC2S(C)(=O)=O)CC1. The van der Waals surface area contributed by atoms with Crippen molar-refractivity contribution in [3.8, 4) is 0 Å². The number of rotatable bonds is 5. The molecule has 0 saturated heterocycles. The molecule has 2 aliphatic rings. The fourth-order valence-electron chi connectivity index (χ4n) is 3.79. The molecule has 20 heavy (non-hydrogen) atoms. The molecule has 0 amide bonds. The number of hydrogen-bond acceptors (Lipinski definition) is 4. The number of nitrogens with one attached hydrogen (secondary N) is 1. The molecule has 0 radical (unpaired) electrons. The zero-order valence-corrected chi connectivity index (χ0v) is 13.6. The second-order valence-electron chi connectivity index (χ2n) is 6.86. The Morgan fingerprint density at radius 3 is 2.40 bits per heavy atom. The van der Waals surface area contributed by atoms with E-state index in [4.69, 9.17) is 0 Å². The first-order valence-corrected chi connectivity index (χ1v) is 9.94. The fourth-order valence-corrected chi connectivity index (χ4v) is 5.22. The van der Waals surface area contributed by atoms with E-state index in [0.29, 0.717) is 6.54 Å². The largest absolute Gasteiger partial charge is 0.389 e. The summed E-state index contributed by atoms with van der Waals surface area (Å²) in [5, 5.41) is 13.7. The number of aliphatic hydroxyl groups is 1. The summed E-state index contributed by atoms with van der Waals surface area (Å²) in [6.07, 6.45) is 9.03. The summed E-state index contributed by atoms with van der Waals surface area (Å²) in [6.45, 7) is 2.75. The summed E-state index contributed by atoms with van der Waals surface area (Å²) in [5.74, 6) is 0.755. The van der Waals surface area contributed by atoms with Crippen LogP contribution in [0.5, 0.6) is 0 Å². The molecule has 0 aromatic rings.